The van der Waals surface area contributed by atoms with Gasteiger partial charge in [-0.3, -0.25) is 9.59 Å². The Kier molecular flexibility index (Phi) is 4.37. The number of aromatic amines is 1. The first kappa shape index (κ1) is 15.6. The van der Waals surface area contributed by atoms with Gasteiger partial charge in [-0.25, -0.2) is 0 Å². The van der Waals surface area contributed by atoms with Crippen LogP contribution in [0.3, 0.4) is 0 Å². The summed E-state index contributed by atoms with van der Waals surface area (Å²) in [5, 5.41) is 0.938. The topological polar surface area (TPSA) is 62.4 Å². The van der Waals surface area contributed by atoms with Gasteiger partial charge in [0.25, 0.3) is 5.91 Å². The van der Waals surface area contributed by atoms with E-state index in [1.54, 1.807) is 11.8 Å². The number of H-pyrrole nitrogens is 1. The monoisotopic (exact) mass is 314 g/mol. The van der Waals surface area contributed by atoms with E-state index >= 15 is 0 Å². The summed E-state index contributed by atoms with van der Waals surface area (Å²) in [5.74, 6) is -0.409. The van der Waals surface area contributed by atoms with Crippen molar-refractivity contribution in [2.75, 3.05) is 19.7 Å². The van der Waals surface area contributed by atoms with Crippen LogP contribution in [0.25, 0.3) is 10.9 Å². The summed E-state index contributed by atoms with van der Waals surface area (Å²) in [6.45, 7) is 5.23. The van der Waals surface area contributed by atoms with Gasteiger partial charge >= 0.3 is 5.97 Å². The third kappa shape index (κ3) is 2.96. The molecule has 1 aromatic carbocycles. The van der Waals surface area contributed by atoms with E-state index in [2.05, 4.69) is 4.98 Å². The Hall–Kier alpha value is -2.30. The number of hydrogen-bond donors (Lipinski definition) is 1. The van der Waals surface area contributed by atoms with Crippen LogP contribution >= 0.6 is 0 Å². The summed E-state index contributed by atoms with van der Waals surface area (Å²) in [6.07, 6.45) is 1.62. The number of para-hydroxylation sites is 1. The van der Waals surface area contributed by atoms with Crippen molar-refractivity contribution in [3.05, 3.63) is 35.5 Å². The fraction of sp³-hybridized carbons (Fsp3) is 0.444. The van der Waals surface area contributed by atoms with Gasteiger partial charge in [-0.1, -0.05) is 18.2 Å². The Bertz CT molecular complexity index is 735. The highest BCUT2D eigenvalue weighted by molar-refractivity contribution is 6.08. The number of aromatic nitrogens is 1. The zero-order valence-corrected chi connectivity index (χ0v) is 13.6. The van der Waals surface area contributed by atoms with E-state index in [0.29, 0.717) is 25.3 Å². The number of nitrogens with one attached hydrogen (secondary N) is 1. The van der Waals surface area contributed by atoms with Crippen LogP contribution in [0.1, 0.15) is 35.8 Å². The van der Waals surface area contributed by atoms with Crippen LogP contribution in [0, 0.1) is 12.8 Å². The molecule has 0 spiro atoms. The van der Waals surface area contributed by atoms with Crippen molar-refractivity contribution >= 4 is 22.8 Å². The highest BCUT2D eigenvalue weighted by atomic mass is 16.5. The van der Waals surface area contributed by atoms with Crippen molar-refractivity contribution in [3.63, 3.8) is 0 Å². The predicted octanol–water partition coefficient (Wildman–Crippen LogP) is 2.89. The van der Waals surface area contributed by atoms with Crippen molar-refractivity contribution in [1.29, 1.82) is 0 Å². The lowest BCUT2D eigenvalue weighted by atomic mass is 9.97. The fourth-order valence-corrected chi connectivity index (χ4v) is 3.32. The van der Waals surface area contributed by atoms with E-state index in [9.17, 15) is 9.59 Å². The molecule has 3 rings (SSSR count). The van der Waals surface area contributed by atoms with Gasteiger partial charge in [0, 0.05) is 29.7 Å². The smallest absolute Gasteiger partial charge is 0.310 e. The maximum absolute atomic E-state index is 13.0. The lowest BCUT2D eigenvalue weighted by Crippen LogP contribution is -2.43. The highest BCUT2D eigenvalue weighted by Gasteiger charge is 2.31. The molecule has 1 atom stereocenters. The van der Waals surface area contributed by atoms with Crippen LogP contribution in [0.5, 0.6) is 0 Å². The van der Waals surface area contributed by atoms with E-state index in [0.717, 1.165) is 29.4 Å². The first-order valence-electron chi connectivity index (χ1n) is 8.15. The second-order valence-corrected chi connectivity index (χ2v) is 6.01. The average molecular weight is 314 g/mol. The molecule has 1 aliphatic heterocycles. The second kappa shape index (κ2) is 6.44. The molecule has 2 heterocycles. The number of carbonyl (C=O) groups is 2. The van der Waals surface area contributed by atoms with Crippen LogP contribution in [-0.2, 0) is 9.53 Å². The number of aryl methyl sites for hydroxylation is 1. The molecule has 0 unspecified atom stereocenters. The molecule has 1 amide bonds. The number of piperidine rings is 1. The third-order valence-corrected chi connectivity index (χ3v) is 4.44. The Labute approximate surface area is 135 Å². The van der Waals surface area contributed by atoms with Gasteiger partial charge in [0.15, 0.2) is 0 Å². The van der Waals surface area contributed by atoms with Gasteiger partial charge in [-0.05, 0) is 32.8 Å². The van der Waals surface area contributed by atoms with E-state index in [-0.39, 0.29) is 17.8 Å². The Morgan fingerprint density at radius 2 is 2.13 bits per heavy atom. The summed E-state index contributed by atoms with van der Waals surface area (Å²) < 4.78 is 5.11. The maximum Gasteiger partial charge on any atom is 0.310 e. The lowest BCUT2D eigenvalue weighted by Gasteiger charge is -2.31. The number of rotatable bonds is 3. The number of carbonyl (C=O) groups excluding carboxylic acids is 2. The molecule has 0 radical (unpaired) electrons. The standard InChI is InChI=1S/C18H22N2O3/c1-3-23-18(22)13-7-6-10-20(11-13)17(21)16-12(2)19-15-9-5-4-8-14(15)16/h4-5,8-9,13,19H,3,6-7,10-11H2,1-2H3/t13-/m1/s1. The minimum absolute atomic E-state index is 0.00560. The quantitative estimate of drug-likeness (QED) is 0.886. The molecule has 2 aromatic rings. The number of nitrogens with zero attached hydrogens (tertiary/aromatic N) is 1. The predicted molar refractivity (Wildman–Crippen MR) is 88.3 cm³/mol. The van der Waals surface area contributed by atoms with Crippen molar-refractivity contribution in [2.24, 2.45) is 5.92 Å². The van der Waals surface area contributed by atoms with Crippen molar-refractivity contribution in [2.45, 2.75) is 26.7 Å². The number of benzene rings is 1. The number of fused-ring (bicyclic) bond motifs is 1. The highest BCUT2D eigenvalue weighted by Crippen LogP contribution is 2.26. The van der Waals surface area contributed by atoms with Crippen molar-refractivity contribution in [3.8, 4) is 0 Å². The SMILES string of the molecule is CCOC(=O)[C@@H]1CCCN(C(=O)c2c(C)[nH]c3ccccc23)C1. The van der Waals surface area contributed by atoms with Gasteiger partial charge in [-0.15, -0.1) is 0 Å². The molecule has 1 fully saturated rings. The molecule has 0 saturated carbocycles. The first-order valence-corrected chi connectivity index (χ1v) is 8.15. The second-order valence-electron chi connectivity index (χ2n) is 6.01. The van der Waals surface area contributed by atoms with E-state index in [1.807, 2.05) is 31.2 Å². The summed E-state index contributed by atoms with van der Waals surface area (Å²) in [5.41, 5.74) is 2.55. The largest absolute Gasteiger partial charge is 0.466 e. The average Bonchev–Trinajstić information content (AvgIpc) is 2.90. The zero-order valence-electron chi connectivity index (χ0n) is 13.6. The molecule has 122 valence electrons. The minimum atomic E-state index is -0.210. The Morgan fingerprint density at radius 3 is 2.91 bits per heavy atom. The summed E-state index contributed by atoms with van der Waals surface area (Å²) in [7, 11) is 0. The van der Waals surface area contributed by atoms with Gasteiger partial charge < -0.3 is 14.6 Å². The van der Waals surface area contributed by atoms with E-state index < -0.39 is 0 Å². The Balaban J connectivity index is 1.84. The molecule has 0 bridgehead atoms. The normalized spacial score (nSPS) is 18.2. The summed E-state index contributed by atoms with van der Waals surface area (Å²) >= 11 is 0. The summed E-state index contributed by atoms with van der Waals surface area (Å²) in [4.78, 5) is 30.0. The number of likely N-dealkylation sites (tertiary alicyclic amines) is 1. The van der Waals surface area contributed by atoms with Crippen LogP contribution in [0.4, 0.5) is 0 Å². The van der Waals surface area contributed by atoms with Crippen molar-refractivity contribution in [1.82, 2.24) is 9.88 Å². The first-order chi connectivity index (χ1) is 11.1. The van der Waals surface area contributed by atoms with Crippen molar-refractivity contribution < 1.29 is 14.3 Å². The van der Waals surface area contributed by atoms with Gasteiger partial charge in [0.05, 0.1) is 18.1 Å². The number of esters is 1. The van der Waals surface area contributed by atoms with E-state index in [1.165, 1.54) is 0 Å². The van der Waals surface area contributed by atoms with Crippen LogP contribution in [-0.4, -0.2) is 41.5 Å². The van der Waals surface area contributed by atoms with Crippen LogP contribution in [0.2, 0.25) is 0 Å². The number of hydrogen-bond acceptors (Lipinski definition) is 3. The van der Waals surface area contributed by atoms with Gasteiger partial charge in [-0.2, -0.15) is 0 Å². The van der Waals surface area contributed by atoms with Gasteiger partial charge in [0.1, 0.15) is 0 Å². The molecule has 23 heavy (non-hydrogen) atoms. The maximum atomic E-state index is 13.0. The van der Waals surface area contributed by atoms with Crippen LogP contribution in [0.15, 0.2) is 24.3 Å². The Morgan fingerprint density at radius 1 is 1.35 bits per heavy atom. The third-order valence-electron chi connectivity index (χ3n) is 4.44. The molecule has 1 aromatic heterocycles. The molecular weight excluding hydrogens is 292 g/mol. The summed E-state index contributed by atoms with van der Waals surface area (Å²) in [6, 6.07) is 7.81. The van der Waals surface area contributed by atoms with E-state index in [4.69, 9.17) is 4.74 Å². The minimum Gasteiger partial charge on any atom is -0.466 e. The fourth-order valence-electron chi connectivity index (χ4n) is 3.32. The molecule has 1 N–H and O–H groups in total. The number of amides is 1. The molecular formula is C18H22N2O3. The van der Waals surface area contributed by atoms with Gasteiger partial charge in [0.2, 0.25) is 0 Å². The molecule has 5 nitrogen and oxygen atoms in total. The van der Waals surface area contributed by atoms with Crippen LogP contribution < -0.4 is 0 Å². The lowest BCUT2D eigenvalue weighted by molar-refractivity contribution is -0.149. The number of ether oxygens (including phenoxy) is 1. The molecule has 0 aliphatic carbocycles. The molecule has 1 saturated heterocycles. The molecule has 1 aliphatic rings. The molecule has 5 heteroatoms. The zero-order chi connectivity index (χ0) is 16.4.